The molecule has 0 radical (unpaired) electrons. The van der Waals surface area contributed by atoms with E-state index in [1.54, 1.807) is 4.57 Å². The zero-order chi connectivity index (χ0) is 29.6. The summed E-state index contributed by atoms with van der Waals surface area (Å²) >= 11 is 0. The minimum atomic E-state index is -0.614. The number of ether oxygens (including phenoxy) is 1. The van der Waals surface area contributed by atoms with Crippen LogP contribution in [-0.2, 0) is 4.74 Å². The molecule has 0 amide bonds. The van der Waals surface area contributed by atoms with Crippen molar-refractivity contribution in [2.45, 2.75) is 39.2 Å². The number of pyridine rings is 1. The van der Waals surface area contributed by atoms with Gasteiger partial charge in [-0.25, -0.2) is 9.78 Å². The van der Waals surface area contributed by atoms with Crippen LogP contribution in [0.3, 0.4) is 0 Å². The van der Waals surface area contributed by atoms with E-state index in [1.807, 2.05) is 39.1 Å². The molecule has 5 heterocycles. The number of imidazole rings is 1. The van der Waals surface area contributed by atoms with Crippen molar-refractivity contribution < 1.29 is 9.53 Å². The highest BCUT2D eigenvalue weighted by Gasteiger charge is 2.22. The van der Waals surface area contributed by atoms with Crippen LogP contribution >= 0.6 is 0 Å². The molecule has 0 unspecified atom stereocenters. The molecule has 2 aliphatic rings. The van der Waals surface area contributed by atoms with Crippen LogP contribution in [0.1, 0.15) is 44.7 Å². The quantitative estimate of drug-likeness (QED) is 0.280. The molecule has 9 heteroatoms. The smallest absolute Gasteiger partial charge is 0.419 e. The Labute approximate surface area is 250 Å². The first-order chi connectivity index (χ1) is 20.8. The molecule has 0 fully saturated rings. The van der Waals surface area contributed by atoms with E-state index in [4.69, 9.17) is 9.72 Å². The Morgan fingerprint density at radius 2 is 1.44 bits per heavy atom. The molecule has 43 heavy (non-hydrogen) atoms. The number of amidine groups is 2. The number of aromatic nitrogens is 3. The highest BCUT2D eigenvalue weighted by atomic mass is 16.6. The summed E-state index contributed by atoms with van der Waals surface area (Å²) in [6, 6.07) is 18.6. The second-order valence-electron chi connectivity index (χ2n) is 12.0. The van der Waals surface area contributed by atoms with Gasteiger partial charge in [0.25, 0.3) is 0 Å². The minimum Gasteiger partial charge on any atom is -0.443 e. The van der Waals surface area contributed by atoms with Crippen molar-refractivity contribution in [3.8, 4) is 22.4 Å². The second kappa shape index (κ2) is 10.7. The van der Waals surface area contributed by atoms with Gasteiger partial charge >= 0.3 is 6.09 Å². The number of benzene rings is 2. The predicted molar refractivity (Wildman–Crippen MR) is 171 cm³/mol. The normalized spacial score (nSPS) is 15.5. The Bertz CT molecular complexity index is 1910. The molecule has 2 aliphatic heterocycles. The van der Waals surface area contributed by atoms with Gasteiger partial charge in [0.15, 0.2) is 0 Å². The third kappa shape index (κ3) is 5.38. The average Bonchev–Trinajstić information content (AvgIpc) is 3.63. The number of hydrogen-bond acceptors (Lipinski definition) is 7. The summed E-state index contributed by atoms with van der Waals surface area (Å²) in [6.07, 6.45) is 7.67. The van der Waals surface area contributed by atoms with Gasteiger partial charge in [0.2, 0.25) is 0 Å². The summed E-state index contributed by atoms with van der Waals surface area (Å²) in [5, 5.41) is 7.74. The van der Waals surface area contributed by atoms with Crippen molar-refractivity contribution in [1.82, 2.24) is 24.6 Å². The van der Waals surface area contributed by atoms with E-state index in [2.05, 4.69) is 79.9 Å². The van der Waals surface area contributed by atoms with E-state index in [0.717, 1.165) is 101 Å². The molecule has 0 saturated carbocycles. The van der Waals surface area contributed by atoms with Crippen LogP contribution in [0.2, 0.25) is 0 Å². The van der Waals surface area contributed by atoms with Gasteiger partial charge in [-0.05, 0) is 57.4 Å². The topological polar surface area (TPSA) is 97.3 Å². The number of aliphatic imine (C=N–C) groups is 2. The molecule has 0 atom stereocenters. The van der Waals surface area contributed by atoms with Crippen LogP contribution < -0.4 is 10.6 Å². The van der Waals surface area contributed by atoms with Crippen LogP contribution in [0.25, 0.3) is 38.9 Å². The van der Waals surface area contributed by atoms with Crippen molar-refractivity contribution in [1.29, 1.82) is 0 Å². The lowest BCUT2D eigenvalue weighted by atomic mass is 10.0. The first-order valence-corrected chi connectivity index (χ1v) is 14.9. The Balaban J connectivity index is 1.24. The third-order valence-corrected chi connectivity index (χ3v) is 7.68. The first kappa shape index (κ1) is 26.9. The van der Waals surface area contributed by atoms with Crippen molar-refractivity contribution in [2.75, 3.05) is 26.2 Å². The zero-order valence-electron chi connectivity index (χ0n) is 24.7. The van der Waals surface area contributed by atoms with E-state index in [-0.39, 0.29) is 0 Å². The van der Waals surface area contributed by atoms with Gasteiger partial charge in [-0.3, -0.25) is 14.6 Å². The molecule has 0 spiro atoms. The predicted octanol–water partition coefficient (Wildman–Crippen LogP) is 5.89. The molecule has 7 rings (SSSR count). The van der Waals surface area contributed by atoms with Crippen molar-refractivity contribution in [2.24, 2.45) is 9.98 Å². The summed E-state index contributed by atoms with van der Waals surface area (Å²) in [4.78, 5) is 27.5. The van der Waals surface area contributed by atoms with Crippen molar-refractivity contribution in [3.63, 3.8) is 0 Å². The highest BCUT2D eigenvalue weighted by Crippen LogP contribution is 2.33. The first-order valence-electron chi connectivity index (χ1n) is 14.9. The fourth-order valence-electron chi connectivity index (χ4n) is 5.61. The van der Waals surface area contributed by atoms with Gasteiger partial charge in [-0.1, -0.05) is 36.4 Å². The van der Waals surface area contributed by atoms with Crippen LogP contribution in [0.5, 0.6) is 0 Å². The fourth-order valence-corrected chi connectivity index (χ4v) is 5.61. The number of rotatable bonds is 4. The highest BCUT2D eigenvalue weighted by molar-refractivity contribution is 6.06. The van der Waals surface area contributed by atoms with Crippen molar-refractivity contribution in [3.05, 3.63) is 84.3 Å². The lowest BCUT2D eigenvalue weighted by Crippen LogP contribution is -2.30. The second-order valence-corrected chi connectivity index (χ2v) is 12.0. The lowest BCUT2D eigenvalue weighted by Gasteiger charge is -2.20. The maximum Gasteiger partial charge on any atom is 0.419 e. The van der Waals surface area contributed by atoms with E-state index < -0.39 is 11.7 Å². The molecule has 218 valence electrons. The maximum absolute atomic E-state index is 13.3. The van der Waals surface area contributed by atoms with Gasteiger partial charge in [0.1, 0.15) is 22.9 Å². The van der Waals surface area contributed by atoms with E-state index >= 15 is 0 Å². The summed E-state index contributed by atoms with van der Waals surface area (Å²) in [7, 11) is 0. The van der Waals surface area contributed by atoms with E-state index in [0.29, 0.717) is 0 Å². The molecule has 0 bridgehead atoms. The van der Waals surface area contributed by atoms with Gasteiger partial charge in [-0.2, -0.15) is 0 Å². The van der Waals surface area contributed by atoms with Crippen LogP contribution in [0.15, 0.2) is 83.2 Å². The molecule has 2 N–H and O–H groups in total. The zero-order valence-corrected chi connectivity index (χ0v) is 24.7. The van der Waals surface area contributed by atoms with Crippen molar-refractivity contribution >= 4 is 34.3 Å². The maximum atomic E-state index is 13.3. The number of fused-ring (bicyclic) bond motifs is 2. The Kier molecular flexibility index (Phi) is 6.72. The standard InChI is InChI=1S/C34H35N7O2/c1-34(2,3)43-33(42)41-20-27(26-12-10-24(18-29(26)41)31-35-14-4-15-36-31)22-6-8-23(9-7-22)28-21-40-19-25(11-13-30(40)39-28)32-37-16-5-17-38-32/h6-13,18-21H,4-5,14-17H2,1-3H3,(H,35,36)(H,37,38). The van der Waals surface area contributed by atoms with Crippen LogP contribution in [0, 0.1) is 0 Å². The Morgan fingerprint density at radius 1 is 0.791 bits per heavy atom. The molecule has 2 aromatic carbocycles. The SMILES string of the molecule is CC(C)(C)OC(=O)n1cc(-c2ccc(-c3cn4cc(C5=NCCCN5)ccc4n3)cc2)c2ccc(C3=NCCCN3)cc21. The molecule has 5 aromatic rings. The van der Waals surface area contributed by atoms with Crippen LogP contribution in [0.4, 0.5) is 4.79 Å². The number of nitrogens with one attached hydrogen (secondary N) is 2. The molecule has 3 aromatic heterocycles. The monoisotopic (exact) mass is 573 g/mol. The number of nitrogens with zero attached hydrogens (tertiary/aromatic N) is 5. The van der Waals surface area contributed by atoms with Gasteiger partial charge in [0, 0.05) is 72.4 Å². The largest absolute Gasteiger partial charge is 0.443 e. The number of carbonyl (C=O) groups excluding carboxylic acids is 1. The Hall–Kier alpha value is -4.92. The van der Waals surface area contributed by atoms with Gasteiger partial charge in [0.05, 0.1) is 11.2 Å². The van der Waals surface area contributed by atoms with Gasteiger partial charge < -0.3 is 19.8 Å². The molecular formula is C34H35N7O2. The summed E-state index contributed by atoms with van der Waals surface area (Å²) in [5.74, 6) is 1.80. The van der Waals surface area contributed by atoms with E-state index in [9.17, 15) is 4.79 Å². The van der Waals surface area contributed by atoms with Gasteiger partial charge in [-0.15, -0.1) is 0 Å². The summed E-state index contributed by atoms with van der Waals surface area (Å²) in [5.41, 5.74) is 6.94. The third-order valence-electron chi connectivity index (χ3n) is 7.68. The molecule has 0 saturated heterocycles. The average molecular weight is 574 g/mol. The summed E-state index contributed by atoms with van der Waals surface area (Å²) in [6.45, 7) is 9.12. The number of carbonyl (C=O) groups is 1. The lowest BCUT2D eigenvalue weighted by molar-refractivity contribution is 0.0544. The number of hydrogen-bond donors (Lipinski definition) is 2. The molecule has 9 nitrogen and oxygen atoms in total. The fraction of sp³-hybridized carbons (Fsp3) is 0.294. The summed E-state index contributed by atoms with van der Waals surface area (Å²) < 4.78 is 9.44. The Morgan fingerprint density at radius 3 is 2.12 bits per heavy atom. The molecule has 0 aliphatic carbocycles. The molecular weight excluding hydrogens is 538 g/mol. The minimum absolute atomic E-state index is 0.408. The van der Waals surface area contributed by atoms with Crippen LogP contribution in [-0.4, -0.2) is 63.5 Å². The van der Waals surface area contributed by atoms with E-state index in [1.165, 1.54) is 0 Å².